The van der Waals surface area contributed by atoms with Crippen LogP contribution in [0, 0.1) is 17.3 Å². The van der Waals surface area contributed by atoms with Gasteiger partial charge in [-0.2, -0.15) is 0 Å². The highest BCUT2D eigenvalue weighted by molar-refractivity contribution is 5.92. The summed E-state index contributed by atoms with van der Waals surface area (Å²) in [6.07, 6.45) is 0.752. The van der Waals surface area contributed by atoms with Gasteiger partial charge in [0.1, 0.15) is 18.5 Å². The van der Waals surface area contributed by atoms with Crippen molar-refractivity contribution in [2.75, 3.05) is 0 Å². The maximum atomic E-state index is 12.6. The lowest BCUT2D eigenvalue weighted by Gasteiger charge is -2.52. The molecule has 29 heavy (non-hydrogen) atoms. The third-order valence-electron chi connectivity index (χ3n) is 5.81. The molecule has 1 saturated heterocycles. The van der Waals surface area contributed by atoms with Crippen molar-refractivity contribution in [3.63, 3.8) is 0 Å². The van der Waals surface area contributed by atoms with Gasteiger partial charge in [0.05, 0.1) is 5.92 Å². The van der Waals surface area contributed by atoms with Gasteiger partial charge in [-0.25, -0.2) is 9.59 Å². The average molecular weight is 402 g/mol. The van der Waals surface area contributed by atoms with Gasteiger partial charge in [0.2, 0.25) is 0 Å². The first-order valence-electron chi connectivity index (χ1n) is 9.21. The average Bonchev–Trinajstić information content (AvgIpc) is 2.97. The second-order valence-electron chi connectivity index (χ2n) is 7.53. The maximum Gasteiger partial charge on any atom is 0.334 e. The number of aldehydes is 1. The summed E-state index contributed by atoms with van der Waals surface area (Å²) in [5, 5.41) is 0. The number of hydrogen-bond acceptors (Lipinski definition) is 7. The molecule has 0 aromatic rings. The van der Waals surface area contributed by atoms with Crippen LogP contribution in [0.2, 0.25) is 0 Å². The van der Waals surface area contributed by atoms with E-state index in [9.17, 15) is 19.2 Å². The van der Waals surface area contributed by atoms with Gasteiger partial charge in [-0.1, -0.05) is 32.2 Å². The van der Waals surface area contributed by atoms with Crippen LogP contribution in [0.3, 0.4) is 0 Å². The van der Waals surface area contributed by atoms with Crippen LogP contribution in [0.1, 0.15) is 27.7 Å². The molecule has 1 aliphatic heterocycles. The third-order valence-corrected chi connectivity index (χ3v) is 5.81. The number of fused-ring (bicyclic) bond motifs is 1. The molecule has 2 rings (SSSR count). The summed E-state index contributed by atoms with van der Waals surface area (Å²) in [6.45, 7) is 17.6. The molecule has 0 aromatic heterocycles. The highest BCUT2D eigenvalue weighted by Gasteiger charge is 2.64. The van der Waals surface area contributed by atoms with Crippen LogP contribution in [0.25, 0.3) is 0 Å². The molecule has 1 saturated carbocycles. The quantitative estimate of drug-likeness (QED) is 0.221. The number of ether oxygens (including phenoxy) is 3. The summed E-state index contributed by atoms with van der Waals surface area (Å²) in [4.78, 5) is 48.3. The molecule has 0 aromatic carbocycles. The smallest absolute Gasteiger partial charge is 0.334 e. The van der Waals surface area contributed by atoms with Crippen molar-refractivity contribution < 1.29 is 33.4 Å². The number of allylic oxidation sites excluding steroid dienone is 1. The topological polar surface area (TPSA) is 96.0 Å². The van der Waals surface area contributed by atoms with Gasteiger partial charge >= 0.3 is 17.9 Å². The van der Waals surface area contributed by atoms with Gasteiger partial charge in [-0.15, -0.1) is 6.58 Å². The fourth-order valence-electron chi connectivity index (χ4n) is 4.11. The normalized spacial score (nSPS) is 33.9. The van der Waals surface area contributed by atoms with Crippen LogP contribution in [-0.2, 0) is 33.4 Å². The van der Waals surface area contributed by atoms with E-state index in [1.165, 1.54) is 13.0 Å². The Labute approximate surface area is 170 Å². The second kappa shape index (κ2) is 8.19. The van der Waals surface area contributed by atoms with Crippen LogP contribution < -0.4 is 0 Å². The third kappa shape index (κ3) is 3.69. The van der Waals surface area contributed by atoms with Crippen molar-refractivity contribution in [1.82, 2.24) is 0 Å². The highest BCUT2D eigenvalue weighted by atomic mass is 16.6. The minimum Gasteiger partial charge on any atom is -0.458 e. The summed E-state index contributed by atoms with van der Waals surface area (Å²) in [5.74, 6) is -3.50. The minimum atomic E-state index is -1.11. The van der Waals surface area contributed by atoms with Crippen molar-refractivity contribution in [1.29, 1.82) is 0 Å². The number of carbonyl (C=O) groups is 4. The first-order valence-corrected chi connectivity index (χ1v) is 9.21. The van der Waals surface area contributed by atoms with Gasteiger partial charge in [0.25, 0.3) is 0 Å². The Bertz CT molecular complexity index is 821. The van der Waals surface area contributed by atoms with Gasteiger partial charge in [-0.3, -0.25) is 9.59 Å². The SMILES string of the molecule is C=C[C@]1(C)[C@H](OC(C)=O)[C@@H]2OC(=O)C(=C)[C@@H]2[C@@H](OC(=O)/C(C)=C\C)[C@H]1C(=C)C=O. The molecule has 7 nitrogen and oxygen atoms in total. The van der Waals surface area contributed by atoms with E-state index in [0.29, 0.717) is 11.9 Å². The largest absolute Gasteiger partial charge is 0.458 e. The van der Waals surface area contributed by atoms with Crippen LogP contribution in [-0.4, -0.2) is 42.5 Å². The Morgan fingerprint density at radius 3 is 2.34 bits per heavy atom. The Hall–Kier alpha value is -2.96. The van der Waals surface area contributed by atoms with Crippen molar-refractivity contribution in [3.05, 3.63) is 48.6 Å². The lowest BCUT2D eigenvalue weighted by molar-refractivity contribution is -0.198. The Kier molecular flexibility index (Phi) is 6.30. The van der Waals surface area contributed by atoms with E-state index < -0.39 is 53.5 Å². The Morgan fingerprint density at radius 1 is 1.24 bits per heavy atom. The zero-order valence-corrected chi connectivity index (χ0v) is 17.1. The maximum absolute atomic E-state index is 12.6. The number of carbonyl (C=O) groups excluding carboxylic acids is 4. The zero-order chi connectivity index (χ0) is 22.1. The highest BCUT2D eigenvalue weighted by Crippen LogP contribution is 2.54. The van der Waals surface area contributed by atoms with Gasteiger partial charge in [0.15, 0.2) is 6.10 Å². The minimum absolute atomic E-state index is 0.0814. The summed E-state index contributed by atoms with van der Waals surface area (Å²) >= 11 is 0. The fourth-order valence-corrected chi connectivity index (χ4v) is 4.11. The van der Waals surface area contributed by atoms with E-state index in [-0.39, 0.29) is 11.1 Å². The molecule has 0 N–H and O–H groups in total. The molecule has 2 aliphatic rings. The van der Waals surface area contributed by atoms with E-state index >= 15 is 0 Å². The van der Waals surface area contributed by atoms with E-state index in [0.717, 1.165) is 0 Å². The van der Waals surface area contributed by atoms with Crippen molar-refractivity contribution in [3.8, 4) is 0 Å². The molecule has 1 aliphatic carbocycles. The molecule has 0 amide bonds. The zero-order valence-electron chi connectivity index (χ0n) is 17.1. The molecule has 0 unspecified atom stereocenters. The van der Waals surface area contributed by atoms with Crippen LogP contribution >= 0.6 is 0 Å². The number of hydrogen-bond donors (Lipinski definition) is 0. The number of esters is 3. The Morgan fingerprint density at radius 2 is 1.86 bits per heavy atom. The van der Waals surface area contributed by atoms with Crippen LogP contribution in [0.5, 0.6) is 0 Å². The molecule has 6 atom stereocenters. The van der Waals surface area contributed by atoms with Crippen molar-refractivity contribution >= 4 is 24.2 Å². The fraction of sp³-hybridized carbons (Fsp3) is 0.455. The first-order chi connectivity index (χ1) is 13.5. The molecule has 0 radical (unpaired) electrons. The lowest BCUT2D eigenvalue weighted by Crippen LogP contribution is -2.61. The molecule has 2 fully saturated rings. The first kappa shape index (κ1) is 22.3. The molecule has 0 bridgehead atoms. The molecular weight excluding hydrogens is 376 g/mol. The van der Waals surface area contributed by atoms with E-state index in [2.05, 4.69) is 19.7 Å². The second-order valence-corrected chi connectivity index (χ2v) is 7.53. The van der Waals surface area contributed by atoms with Gasteiger partial charge in [-0.05, 0) is 19.4 Å². The molecular formula is C22H26O7. The molecule has 156 valence electrons. The van der Waals surface area contributed by atoms with Crippen LogP contribution in [0.4, 0.5) is 0 Å². The lowest BCUT2D eigenvalue weighted by atomic mass is 9.57. The summed E-state index contributed by atoms with van der Waals surface area (Å²) in [6, 6.07) is 0. The molecule has 7 heteroatoms. The van der Waals surface area contributed by atoms with E-state index in [4.69, 9.17) is 14.2 Å². The van der Waals surface area contributed by atoms with E-state index in [1.807, 2.05) is 0 Å². The van der Waals surface area contributed by atoms with E-state index in [1.54, 1.807) is 26.8 Å². The number of rotatable bonds is 6. The predicted octanol–water partition coefficient (Wildman–Crippen LogP) is 2.47. The van der Waals surface area contributed by atoms with Gasteiger partial charge in [0, 0.05) is 29.4 Å². The summed E-state index contributed by atoms with van der Waals surface area (Å²) < 4.78 is 16.7. The Balaban J connectivity index is 2.69. The van der Waals surface area contributed by atoms with Crippen molar-refractivity contribution in [2.24, 2.45) is 17.3 Å². The monoisotopic (exact) mass is 402 g/mol. The summed E-state index contributed by atoms with van der Waals surface area (Å²) in [5.41, 5.74) is -0.552. The molecule has 0 spiro atoms. The van der Waals surface area contributed by atoms with Crippen molar-refractivity contribution in [2.45, 2.75) is 46.0 Å². The molecule has 1 heterocycles. The van der Waals surface area contributed by atoms with Crippen LogP contribution in [0.15, 0.2) is 48.6 Å². The standard InChI is InChI=1S/C22H26O7/c1-8-11(3)20(25)28-17-15-13(5)21(26)29-18(15)19(27-14(6)24)22(7,9-2)16(17)12(4)10-23/h8-10,15-19H,2,4-5H2,1,3,6-7H3/b11-8-/t15-,16-,17-,18-,19-,22+/m1/s1. The van der Waals surface area contributed by atoms with Gasteiger partial charge < -0.3 is 14.2 Å². The summed E-state index contributed by atoms with van der Waals surface area (Å²) in [7, 11) is 0. The predicted molar refractivity (Wildman–Crippen MR) is 104 cm³/mol.